The van der Waals surface area contributed by atoms with E-state index in [1.807, 2.05) is 75.4 Å². The highest BCUT2D eigenvalue weighted by molar-refractivity contribution is 6.00. The third-order valence-corrected chi connectivity index (χ3v) is 7.76. The predicted octanol–water partition coefficient (Wildman–Crippen LogP) is 5.73. The van der Waals surface area contributed by atoms with E-state index >= 15 is 0 Å². The molecule has 0 spiro atoms. The maximum Gasteiger partial charge on any atom is 0.323 e. The zero-order chi connectivity index (χ0) is 33.8. The summed E-state index contributed by atoms with van der Waals surface area (Å²) < 4.78 is 10.9. The van der Waals surface area contributed by atoms with Crippen molar-refractivity contribution in [2.75, 3.05) is 17.4 Å². The molecule has 4 amide bonds. The van der Waals surface area contributed by atoms with Gasteiger partial charge in [-0.1, -0.05) is 74.5 Å². The normalized spacial score (nSPS) is 14.1. The molecule has 0 aliphatic carbocycles. The van der Waals surface area contributed by atoms with Crippen molar-refractivity contribution in [1.82, 2.24) is 10.6 Å². The molecule has 0 aromatic heterocycles. The summed E-state index contributed by atoms with van der Waals surface area (Å²) in [5.74, 6) is -2.21. The maximum atomic E-state index is 13.6. The van der Waals surface area contributed by atoms with Gasteiger partial charge in [0.2, 0.25) is 18.6 Å². The van der Waals surface area contributed by atoms with Gasteiger partial charge in [0.05, 0.1) is 6.42 Å². The van der Waals surface area contributed by atoms with Gasteiger partial charge >= 0.3 is 12.0 Å². The van der Waals surface area contributed by atoms with E-state index in [1.165, 1.54) is 6.26 Å². The standard InChI is InChI=1S/C36H42N4O7/c1-24(2)17-28(18-32(41)40-36(20-33(42)43,31-22-46-23-47-31)19-26-10-5-4-6-11-26)34(44)37-21-27-13-15-29(16-14-27)38-35(45)39-30-12-8-7-9-25(30)3/h4-16,22,24,28H,17-21,23H2,1-3H3,(H,37,44)(H,40,41)(H,42,43)(H2,38,39,45). The smallest absolute Gasteiger partial charge is 0.323 e. The summed E-state index contributed by atoms with van der Waals surface area (Å²) in [6, 6.07) is 23.4. The third-order valence-electron chi connectivity index (χ3n) is 7.76. The molecule has 1 aliphatic rings. The van der Waals surface area contributed by atoms with E-state index in [9.17, 15) is 24.3 Å². The van der Waals surface area contributed by atoms with Crippen LogP contribution >= 0.6 is 0 Å². The van der Waals surface area contributed by atoms with Gasteiger partial charge in [0.1, 0.15) is 11.8 Å². The van der Waals surface area contributed by atoms with Gasteiger partial charge in [0, 0.05) is 36.7 Å². The third kappa shape index (κ3) is 10.4. The quantitative estimate of drug-likeness (QED) is 0.142. The average molecular weight is 643 g/mol. The van der Waals surface area contributed by atoms with Gasteiger partial charge in [-0.3, -0.25) is 14.4 Å². The number of aryl methyl sites for hydroxylation is 1. The Morgan fingerprint density at radius 1 is 0.894 bits per heavy atom. The maximum absolute atomic E-state index is 13.6. The summed E-state index contributed by atoms with van der Waals surface area (Å²) in [7, 11) is 0. The van der Waals surface area contributed by atoms with Crippen LogP contribution in [0.2, 0.25) is 0 Å². The Balaban J connectivity index is 1.39. The molecule has 2 atom stereocenters. The Labute approximate surface area is 274 Å². The van der Waals surface area contributed by atoms with E-state index in [2.05, 4.69) is 21.3 Å². The summed E-state index contributed by atoms with van der Waals surface area (Å²) >= 11 is 0. The van der Waals surface area contributed by atoms with Crippen LogP contribution in [0.1, 0.15) is 49.8 Å². The molecule has 2 unspecified atom stereocenters. The first-order valence-electron chi connectivity index (χ1n) is 15.5. The van der Waals surface area contributed by atoms with Crippen molar-refractivity contribution >= 4 is 35.2 Å². The lowest BCUT2D eigenvalue weighted by Gasteiger charge is -2.34. The monoisotopic (exact) mass is 642 g/mol. The van der Waals surface area contributed by atoms with E-state index < -0.39 is 29.8 Å². The number of anilines is 2. The van der Waals surface area contributed by atoms with Gasteiger partial charge in [-0.05, 0) is 54.2 Å². The highest BCUT2D eigenvalue weighted by Crippen LogP contribution is 2.31. The molecular weight excluding hydrogens is 600 g/mol. The Hall–Kier alpha value is -5.32. The van der Waals surface area contributed by atoms with E-state index in [0.29, 0.717) is 12.1 Å². The number of carbonyl (C=O) groups is 4. The molecule has 4 rings (SSSR count). The molecule has 0 fully saturated rings. The summed E-state index contributed by atoms with van der Waals surface area (Å²) in [5.41, 5.74) is 2.46. The fourth-order valence-corrected chi connectivity index (χ4v) is 5.51. The van der Waals surface area contributed by atoms with E-state index in [-0.39, 0.29) is 49.8 Å². The van der Waals surface area contributed by atoms with Crippen LogP contribution in [0.15, 0.2) is 90.9 Å². The topological polar surface area (TPSA) is 155 Å². The Kier molecular flexibility index (Phi) is 12.0. The average Bonchev–Trinajstić information content (AvgIpc) is 3.57. The number of aliphatic carboxylic acids is 1. The number of ether oxygens (including phenoxy) is 2. The van der Waals surface area contributed by atoms with Gasteiger partial charge in [-0.25, -0.2) is 4.79 Å². The highest BCUT2D eigenvalue weighted by atomic mass is 16.7. The minimum Gasteiger partial charge on any atom is -0.481 e. The van der Waals surface area contributed by atoms with Crippen LogP contribution < -0.4 is 21.3 Å². The predicted molar refractivity (Wildman–Crippen MR) is 178 cm³/mol. The Bertz CT molecular complexity index is 1570. The molecule has 0 radical (unpaired) electrons. The van der Waals surface area contributed by atoms with Crippen molar-refractivity contribution in [2.24, 2.45) is 11.8 Å². The van der Waals surface area contributed by atoms with E-state index in [4.69, 9.17) is 9.47 Å². The Morgan fingerprint density at radius 3 is 2.23 bits per heavy atom. The van der Waals surface area contributed by atoms with Crippen molar-refractivity contribution in [2.45, 2.75) is 58.5 Å². The number of rotatable bonds is 15. The molecule has 47 heavy (non-hydrogen) atoms. The number of carboxylic acid groups (broad SMARTS) is 1. The fraction of sp³-hybridized carbons (Fsp3) is 0.333. The van der Waals surface area contributed by atoms with Gasteiger partial charge in [0.25, 0.3) is 0 Å². The lowest BCUT2D eigenvalue weighted by molar-refractivity contribution is -0.139. The van der Waals surface area contributed by atoms with Gasteiger partial charge in [-0.15, -0.1) is 0 Å². The molecule has 1 aliphatic heterocycles. The number of amides is 4. The summed E-state index contributed by atoms with van der Waals surface area (Å²) in [5, 5.41) is 21.3. The zero-order valence-electron chi connectivity index (χ0n) is 26.9. The number of carboxylic acids is 1. The number of para-hydroxylation sites is 1. The number of nitrogens with one attached hydrogen (secondary N) is 4. The summed E-state index contributed by atoms with van der Waals surface area (Å²) in [6.07, 6.45) is 1.35. The first-order valence-corrected chi connectivity index (χ1v) is 15.5. The van der Waals surface area contributed by atoms with Crippen molar-refractivity contribution in [3.8, 4) is 0 Å². The van der Waals surface area contributed by atoms with Crippen LogP contribution in [0.5, 0.6) is 0 Å². The second kappa shape index (κ2) is 16.3. The van der Waals surface area contributed by atoms with Crippen molar-refractivity contribution < 1.29 is 33.8 Å². The highest BCUT2D eigenvalue weighted by Gasteiger charge is 2.42. The number of benzene rings is 3. The molecule has 3 aromatic rings. The van der Waals surface area contributed by atoms with Gasteiger partial charge in [-0.2, -0.15) is 0 Å². The number of urea groups is 1. The van der Waals surface area contributed by atoms with E-state index in [1.54, 1.807) is 24.3 Å². The van der Waals surface area contributed by atoms with E-state index in [0.717, 1.165) is 22.4 Å². The van der Waals surface area contributed by atoms with Crippen LogP contribution in [-0.2, 0) is 36.8 Å². The fourth-order valence-electron chi connectivity index (χ4n) is 5.51. The summed E-state index contributed by atoms with van der Waals surface area (Å²) in [6.45, 7) is 5.99. The minimum atomic E-state index is -1.41. The molecule has 0 bridgehead atoms. The Morgan fingerprint density at radius 2 is 1.60 bits per heavy atom. The van der Waals surface area contributed by atoms with Gasteiger partial charge < -0.3 is 35.8 Å². The molecule has 0 saturated heterocycles. The lowest BCUT2D eigenvalue weighted by atomic mass is 9.84. The lowest BCUT2D eigenvalue weighted by Crippen LogP contribution is -2.54. The number of carbonyl (C=O) groups excluding carboxylic acids is 3. The first kappa shape index (κ1) is 34.6. The molecule has 3 aromatic carbocycles. The molecule has 5 N–H and O–H groups in total. The SMILES string of the molecule is Cc1ccccc1NC(=O)Nc1ccc(CNC(=O)C(CC(=O)NC(CC(=O)O)(Cc2ccccc2)C2=COCO2)CC(C)C)cc1. The van der Waals surface area contributed by atoms with Crippen molar-refractivity contribution in [3.63, 3.8) is 0 Å². The van der Waals surface area contributed by atoms with Crippen molar-refractivity contribution in [3.05, 3.63) is 108 Å². The molecule has 11 nitrogen and oxygen atoms in total. The largest absolute Gasteiger partial charge is 0.481 e. The van der Waals surface area contributed by atoms with Crippen LogP contribution in [0.3, 0.4) is 0 Å². The second-order valence-corrected chi connectivity index (χ2v) is 12.1. The van der Waals surface area contributed by atoms with Crippen LogP contribution in [-0.4, -0.2) is 41.3 Å². The number of hydrogen-bond acceptors (Lipinski definition) is 6. The van der Waals surface area contributed by atoms with Crippen LogP contribution in [0, 0.1) is 18.8 Å². The van der Waals surface area contributed by atoms with Crippen LogP contribution in [0.4, 0.5) is 16.2 Å². The van der Waals surface area contributed by atoms with Crippen LogP contribution in [0.25, 0.3) is 0 Å². The first-order chi connectivity index (χ1) is 22.5. The minimum absolute atomic E-state index is 0.0859. The second-order valence-electron chi connectivity index (χ2n) is 12.1. The molecule has 248 valence electrons. The molecule has 1 heterocycles. The van der Waals surface area contributed by atoms with Crippen molar-refractivity contribution in [1.29, 1.82) is 0 Å². The summed E-state index contributed by atoms with van der Waals surface area (Å²) in [4.78, 5) is 51.4. The number of hydrogen-bond donors (Lipinski definition) is 5. The zero-order valence-corrected chi connectivity index (χ0v) is 26.9. The molecular formula is C36H42N4O7. The molecule has 0 saturated carbocycles. The molecule has 11 heteroatoms. The van der Waals surface area contributed by atoms with Gasteiger partial charge in [0.15, 0.2) is 5.76 Å².